The topological polar surface area (TPSA) is 48.0 Å². The number of nitrogens with zero attached hydrogens (tertiary/aromatic N) is 1. The van der Waals surface area contributed by atoms with Crippen molar-refractivity contribution in [2.75, 3.05) is 13.8 Å². The molecule has 7 heteroatoms. The van der Waals surface area contributed by atoms with Gasteiger partial charge in [-0.3, -0.25) is 4.79 Å². The predicted octanol–water partition coefficient (Wildman–Crippen LogP) is 3.29. The van der Waals surface area contributed by atoms with Crippen molar-refractivity contribution in [3.63, 3.8) is 0 Å². The Bertz CT molecular complexity index is 751. The Labute approximate surface area is 137 Å². The SMILES string of the molecule is CN(Cc1ccc2c(c1)OCO2)C(=O)c1cccc(OC(F)F)c1. The molecule has 0 fully saturated rings. The van der Waals surface area contributed by atoms with Crippen LogP contribution in [0.5, 0.6) is 17.2 Å². The minimum Gasteiger partial charge on any atom is -0.454 e. The molecular formula is C17H15F2NO4. The summed E-state index contributed by atoms with van der Waals surface area (Å²) in [5.41, 5.74) is 1.14. The van der Waals surface area contributed by atoms with Gasteiger partial charge in [0.25, 0.3) is 5.91 Å². The van der Waals surface area contributed by atoms with Crippen LogP contribution in [0.2, 0.25) is 0 Å². The van der Waals surface area contributed by atoms with E-state index < -0.39 is 6.61 Å². The molecule has 3 rings (SSSR count). The van der Waals surface area contributed by atoms with Crippen molar-refractivity contribution in [1.29, 1.82) is 0 Å². The maximum atomic E-state index is 12.4. The summed E-state index contributed by atoms with van der Waals surface area (Å²) in [5.74, 6) is 0.963. The van der Waals surface area contributed by atoms with E-state index in [0.29, 0.717) is 18.0 Å². The lowest BCUT2D eigenvalue weighted by atomic mass is 10.1. The normalized spacial score (nSPS) is 12.3. The average Bonchev–Trinajstić information content (AvgIpc) is 3.01. The molecule has 5 nitrogen and oxygen atoms in total. The third-order valence-corrected chi connectivity index (χ3v) is 3.51. The molecule has 0 aliphatic carbocycles. The monoisotopic (exact) mass is 335 g/mol. The van der Waals surface area contributed by atoms with Gasteiger partial charge in [-0.15, -0.1) is 0 Å². The van der Waals surface area contributed by atoms with Gasteiger partial charge in [0.05, 0.1) is 0 Å². The maximum Gasteiger partial charge on any atom is 0.387 e. The van der Waals surface area contributed by atoms with Gasteiger partial charge in [-0.05, 0) is 35.9 Å². The van der Waals surface area contributed by atoms with E-state index in [2.05, 4.69) is 4.74 Å². The summed E-state index contributed by atoms with van der Waals surface area (Å²) in [6.45, 7) is -2.40. The van der Waals surface area contributed by atoms with Crippen LogP contribution in [0.4, 0.5) is 8.78 Å². The fourth-order valence-corrected chi connectivity index (χ4v) is 2.41. The van der Waals surface area contributed by atoms with Gasteiger partial charge in [-0.1, -0.05) is 12.1 Å². The highest BCUT2D eigenvalue weighted by atomic mass is 19.3. The van der Waals surface area contributed by atoms with E-state index in [0.717, 1.165) is 5.56 Å². The van der Waals surface area contributed by atoms with Gasteiger partial charge in [0, 0.05) is 19.2 Å². The zero-order valence-corrected chi connectivity index (χ0v) is 12.9. The molecule has 0 N–H and O–H groups in total. The minimum atomic E-state index is -2.93. The number of hydrogen-bond donors (Lipinski definition) is 0. The molecule has 0 atom stereocenters. The van der Waals surface area contributed by atoms with Crippen LogP contribution in [0, 0.1) is 0 Å². The Morgan fingerprint density at radius 2 is 2.00 bits per heavy atom. The van der Waals surface area contributed by atoms with Crippen LogP contribution >= 0.6 is 0 Å². The standard InChI is InChI=1S/C17H15F2NO4/c1-20(9-11-5-6-14-15(7-11)23-10-22-14)16(21)12-3-2-4-13(8-12)24-17(18)19/h2-8,17H,9-10H2,1H3. The van der Waals surface area contributed by atoms with Crippen molar-refractivity contribution in [2.45, 2.75) is 13.2 Å². The molecule has 0 unspecified atom stereocenters. The van der Waals surface area contributed by atoms with E-state index in [4.69, 9.17) is 9.47 Å². The van der Waals surface area contributed by atoms with E-state index in [1.54, 1.807) is 19.2 Å². The lowest BCUT2D eigenvalue weighted by molar-refractivity contribution is -0.0499. The number of amides is 1. The van der Waals surface area contributed by atoms with E-state index in [9.17, 15) is 13.6 Å². The minimum absolute atomic E-state index is 0.0488. The van der Waals surface area contributed by atoms with Crippen LogP contribution in [0.15, 0.2) is 42.5 Å². The van der Waals surface area contributed by atoms with Crippen LogP contribution < -0.4 is 14.2 Å². The first-order valence-corrected chi connectivity index (χ1v) is 7.22. The van der Waals surface area contributed by atoms with Crippen LogP contribution in [-0.2, 0) is 6.54 Å². The molecule has 1 amide bonds. The molecule has 1 aliphatic rings. The van der Waals surface area contributed by atoms with Crippen molar-refractivity contribution in [1.82, 2.24) is 4.90 Å². The summed E-state index contributed by atoms with van der Waals surface area (Å²) in [7, 11) is 1.63. The van der Waals surface area contributed by atoms with Crippen LogP contribution in [0.1, 0.15) is 15.9 Å². The second kappa shape index (κ2) is 6.74. The summed E-state index contributed by atoms with van der Waals surface area (Å²) in [6, 6.07) is 11.2. The Morgan fingerprint density at radius 1 is 1.21 bits per heavy atom. The number of carbonyl (C=O) groups excluding carboxylic acids is 1. The molecule has 0 saturated carbocycles. The fraction of sp³-hybridized carbons (Fsp3) is 0.235. The molecule has 0 saturated heterocycles. The van der Waals surface area contributed by atoms with Gasteiger partial charge in [0.1, 0.15) is 5.75 Å². The highest BCUT2D eigenvalue weighted by Crippen LogP contribution is 2.32. The number of halogens is 2. The number of ether oxygens (including phenoxy) is 3. The van der Waals surface area contributed by atoms with Crippen molar-refractivity contribution < 1.29 is 27.8 Å². The number of rotatable bonds is 5. The van der Waals surface area contributed by atoms with E-state index in [-0.39, 0.29) is 24.0 Å². The maximum absolute atomic E-state index is 12.4. The van der Waals surface area contributed by atoms with Crippen LogP contribution in [0.3, 0.4) is 0 Å². The number of alkyl halides is 2. The Kier molecular flexibility index (Phi) is 4.50. The van der Waals surface area contributed by atoms with E-state index in [1.165, 1.54) is 23.1 Å². The van der Waals surface area contributed by atoms with Crippen LogP contribution in [0.25, 0.3) is 0 Å². The first kappa shape index (κ1) is 16.0. The van der Waals surface area contributed by atoms with Crippen molar-refractivity contribution in [3.05, 3.63) is 53.6 Å². The number of benzene rings is 2. The molecule has 24 heavy (non-hydrogen) atoms. The number of fused-ring (bicyclic) bond motifs is 1. The van der Waals surface area contributed by atoms with E-state index >= 15 is 0 Å². The molecule has 0 bridgehead atoms. The third kappa shape index (κ3) is 3.56. The van der Waals surface area contributed by atoms with E-state index in [1.807, 2.05) is 12.1 Å². The summed E-state index contributed by atoms with van der Waals surface area (Å²) in [4.78, 5) is 13.9. The summed E-state index contributed by atoms with van der Waals surface area (Å²) >= 11 is 0. The van der Waals surface area contributed by atoms with Gasteiger partial charge >= 0.3 is 6.61 Å². The smallest absolute Gasteiger partial charge is 0.387 e. The van der Waals surface area contributed by atoms with Gasteiger partial charge in [-0.25, -0.2) is 0 Å². The van der Waals surface area contributed by atoms with Gasteiger partial charge in [0.15, 0.2) is 11.5 Å². The summed E-state index contributed by atoms with van der Waals surface area (Å²) in [6.07, 6.45) is 0. The van der Waals surface area contributed by atoms with Crippen molar-refractivity contribution in [3.8, 4) is 17.2 Å². The molecular weight excluding hydrogens is 320 g/mol. The third-order valence-electron chi connectivity index (χ3n) is 3.51. The first-order chi connectivity index (χ1) is 11.5. The second-order valence-corrected chi connectivity index (χ2v) is 5.26. The molecule has 2 aromatic rings. The second-order valence-electron chi connectivity index (χ2n) is 5.26. The molecule has 2 aromatic carbocycles. The molecule has 0 spiro atoms. The number of hydrogen-bond acceptors (Lipinski definition) is 4. The molecule has 1 aliphatic heterocycles. The number of carbonyl (C=O) groups is 1. The predicted molar refractivity (Wildman–Crippen MR) is 81.4 cm³/mol. The van der Waals surface area contributed by atoms with Gasteiger partial charge < -0.3 is 19.1 Å². The van der Waals surface area contributed by atoms with Gasteiger partial charge in [-0.2, -0.15) is 8.78 Å². The molecule has 0 radical (unpaired) electrons. The Balaban J connectivity index is 1.70. The Morgan fingerprint density at radius 3 is 2.79 bits per heavy atom. The summed E-state index contributed by atoms with van der Waals surface area (Å²) < 4.78 is 39.4. The quantitative estimate of drug-likeness (QED) is 0.841. The van der Waals surface area contributed by atoms with Crippen molar-refractivity contribution >= 4 is 5.91 Å². The molecule has 0 aromatic heterocycles. The highest BCUT2D eigenvalue weighted by molar-refractivity contribution is 5.94. The van der Waals surface area contributed by atoms with Crippen molar-refractivity contribution in [2.24, 2.45) is 0 Å². The lowest BCUT2D eigenvalue weighted by Gasteiger charge is -2.18. The zero-order chi connectivity index (χ0) is 17.1. The largest absolute Gasteiger partial charge is 0.454 e. The molecule has 126 valence electrons. The average molecular weight is 335 g/mol. The molecule has 1 heterocycles. The first-order valence-electron chi connectivity index (χ1n) is 7.22. The Hall–Kier alpha value is -2.83. The lowest BCUT2D eigenvalue weighted by Crippen LogP contribution is -2.26. The summed E-state index contributed by atoms with van der Waals surface area (Å²) in [5, 5.41) is 0. The highest BCUT2D eigenvalue weighted by Gasteiger charge is 2.17. The van der Waals surface area contributed by atoms with Crippen LogP contribution in [-0.4, -0.2) is 31.3 Å². The van der Waals surface area contributed by atoms with Gasteiger partial charge in [0.2, 0.25) is 6.79 Å². The zero-order valence-electron chi connectivity index (χ0n) is 12.9. The fourth-order valence-electron chi connectivity index (χ4n) is 2.41.